The maximum absolute atomic E-state index is 10.8. The zero-order valence-corrected chi connectivity index (χ0v) is 9.91. The van der Waals surface area contributed by atoms with Crippen LogP contribution in [0.25, 0.3) is 0 Å². The minimum Gasteiger partial charge on any atom is -0.481 e. The van der Waals surface area contributed by atoms with E-state index in [-0.39, 0.29) is 5.92 Å². The van der Waals surface area contributed by atoms with Crippen LogP contribution in [-0.2, 0) is 4.79 Å². The highest BCUT2D eigenvalue weighted by Crippen LogP contribution is 2.21. The largest absolute Gasteiger partial charge is 0.481 e. The number of carboxylic acid groups (broad SMARTS) is 1. The van der Waals surface area contributed by atoms with E-state index in [0.717, 1.165) is 19.5 Å². The first-order valence-corrected chi connectivity index (χ1v) is 6.12. The van der Waals surface area contributed by atoms with Gasteiger partial charge in [-0.3, -0.25) is 9.69 Å². The zero-order valence-electron chi connectivity index (χ0n) is 9.91. The lowest BCUT2D eigenvalue weighted by Crippen LogP contribution is -2.31. The van der Waals surface area contributed by atoms with Crippen molar-refractivity contribution in [3.05, 3.63) is 0 Å². The second-order valence-electron chi connectivity index (χ2n) is 4.66. The van der Waals surface area contributed by atoms with Gasteiger partial charge in [-0.25, -0.2) is 0 Å². The first-order chi connectivity index (χ1) is 7.15. The highest BCUT2D eigenvalue weighted by Gasteiger charge is 2.29. The molecule has 3 heteroatoms. The minimum absolute atomic E-state index is 0.126. The van der Waals surface area contributed by atoms with Crippen LogP contribution in [0.5, 0.6) is 0 Å². The molecular formula is C12H23NO2. The fourth-order valence-corrected chi connectivity index (χ4v) is 2.26. The van der Waals surface area contributed by atoms with Crippen molar-refractivity contribution in [1.29, 1.82) is 0 Å². The van der Waals surface area contributed by atoms with Crippen LogP contribution in [0, 0.1) is 5.92 Å². The number of aliphatic carboxylic acids is 1. The van der Waals surface area contributed by atoms with Gasteiger partial charge in [0.25, 0.3) is 0 Å². The Morgan fingerprint density at radius 1 is 1.53 bits per heavy atom. The summed E-state index contributed by atoms with van der Waals surface area (Å²) in [5.41, 5.74) is 0. The maximum Gasteiger partial charge on any atom is 0.307 e. The average Bonchev–Trinajstić information content (AvgIpc) is 2.66. The fourth-order valence-electron chi connectivity index (χ4n) is 2.26. The van der Waals surface area contributed by atoms with Crippen LogP contribution < -0.4 is 0 Å². The number of unbranched alkanes of at least 4 members (excludes halogenated alkanes) is 2. The Labute approximate surface area is 92.5 Å². The SMILES string of the molecule is CCCCCC(C)N1CCC(C(=O)O)C1. The molecule has 3 nitrogen and oxygen atoms in total. The zero-order chi connectivity index (χ0) is 11.3. The lowest BCUT2D eigenvalue weighted by molar-refractivity contribution is -0.141. The second kappa shape index (κ2) is 6.11. The number of likely N-dealkylation sites (tertiary alicyclic amines) is 1. The first-order valence-electron chi connectivity index (χ1n) is 6.12. The van der Waals surface area contributed by atoms with E-state index in [1.165, 1.54) is 25.7 Å². The van der Waals surface area contributed by atoms with E-state index in [1.807, 2.05) is 0 Å². The van der Waals surface area contributed by atoms with E-state index in [0.29, 0.717) is 6.04 Å². The summed E-state index contributed by atoms with van der Waals surface area (Å²) in [6, 6.07) is 0.556. The summed E-state index contributed by atoms with van der Waals surface area (Å²) in [7, 11) is 0. The van der Waals surface area contributed by atoms with Crippen molar-refractivity contribution in [2.24, 2.45) is 5.92 Å². The Kier molecular flexibility index (Phi) is 5.09. The summed E-state index contributed by atoms with van der Waals surface area (Å²) >= 11 is 0. The van der Waals surface area contributed by atoms with Crippen molar-refractivity contribution in [2.75, 3.05) is 13.1 Å². The second-order valence-corrected chi connectivity index (χ2v) is 4.66. The van der Waals surface area contributed by atoms with Crippen LogP contribution in [0.1, 0.15) is 46.0 Å². The van der Waals surface area contributed by atoms with Crippen LogP contribution in [0.15, 0.2) is 0 Å². The standard InChI is InChI=1S/C12H23NO2/c1-3-4-5-6-10(2)13-8-7-11(9-13)12(14)15/h10-11H,3-9H2,1-2H3,(H,14,15). The molecule has 1 fully saturated rings. The Hall–Kier alpha value is -0.570. The first kappa shape index (κ1) is 12.5. The average molecular weight is 213 g/mol. The molecule has 1 aliphatic rings. The maximum atomic E-state index is 10.8. The van der Waals surface area contributed by atoms with Gasteiger partial charge in [0, 0.05) is 12.6 Å². The number of hydrogen-bond acceptors (Lipinski definition) is 2. The number of carbonyl (C=O) groups is 1. The minimum atomic E-state index is -0.627. The predicted molar refractivity (Wildman–Crippen MR) is 60.9 cm³/mol. The van der Waals surface area contributed by atoms with Gasteiger partial charge in [0.2, 0.25) is 0 Å². The number of hydrogen-bond donors (Lipinski definition) is 1. The quantitative estimate of drug-likeness (QED) is 0.689. The third-order valence-electron chi connectivity index (χ3n) is 3.42. The topological polar surface area (TPSA) is 40.5 Å². The molecule has 0 saturated carbocycles. The normalized spacial score (nSPS) is 24.3. The summed E-state index contributed by atoms with van der Waals surface area (Å²) in [5, 5.41) is 8.90. The predicted octanol–water partition coefficient (Wildman–Crippen LogP) is 2.36. The van der Waals surface area contributed by atoms with Crippen LogP contribution in [0.3, 0.4) is 0 Å². The molecule has 1 aliphatic heterocycles. The van der Waals surface area contributed by atoms with Crippen LogP contribution in [0.4, 0.5) is 0 Å². The van der Waals surface area contributed by atoms with Crippen LogP contribution in [0.2, 0.25) is 0 Å². The van der Waals surface area contributed by atoms with Crippen molar-refractivity contribution in [2.45, 2.75) is 52.0 Å². The summed E-state index contributed by atoms with van der Waals surface area (Å²) in [5.74, 6) is -0.753. The molecule has 0 spiro atoms. The Bertz CT molecular complexity index is 206. The summed E-state index contributed by atoms with van der Waals surface area (Å²) in [4.78, 5) is 13.1. The molecule has 1 saturated heterocycles. The number of carboxylic acids is 1. The molecular weight excluding hydrogens is 190 g/mol. The molecule has 0 amide bonds. The highest BCUT2D eigenvalue weighted by atomic mass is 16.4. The van der Waals surface area contributed by atoms with Crippen molar-refractivity contribution in [3.8, 4) is 0 Å². The molecule has 0 aromatic carbocycles. The Balaban J connectivity index is 2.24. The van der Waals surface area contributed by atoms with E-state index < -0.39 is 5.97 Å². The molecule has 0 radical (unpaired) electrons. The molecule has 1 N–H and O–H groups in total. The molecule has 15 heavy (non-hydrogen) atoms. The fraction of sp³-hybridized carbons (Fsp3) is 0.917. The van der Waals surface area contributed by atoms with Gasteiger partial charge in [-0.15, -0.1) is 0 Å². The van der Waals surface area contributed by atoms with E-state index >= 15 is 0 Å². The lowest BCUT2D eigenvalue weighted by atomic mass is 10.1. The summed E-state index contributed by atoms with van der Waals surface area (Å²) < 4.78 is 0. The van der Waals surface area contributed by atoms with Gasteiger partial charge in [-0.1, -0.05) is 26.2 Å². The van der Waals surface area contributed by atoms with Crippen molar-refractivity contribution in [1.82, 2.24) is 4.90 Å². The van der Waals surface area contributed by atoms with Gasteiger partial charge < -0.3 is 5.11 Å². The molecule has 88 valence electrons. The van der Waals surface area contributed by atoms with Gasteiger partial charge in [-0.05, 0) is 26.3 Å². The van der Waals surface area contributed by atoms with Crippen molar-refractivity contribution in [3.63, 3.8) is 0 Å². The molecule has 2 unspecified atom stereocenters. The monoisotopic (exact) mass is 213 g/mol. The van der Waals surface area contributed by atoms with E-state index in [9.17, 15) is 4.79 Å². The van der Waals surface area contributed by atoms with Crippen molar-refractivity contribution >= 4 is 5.97 Å². The Morgan fingerprint density at radius 3 is 2.80 bits per heavy atom. The molecule has 0 aliphatic carbocycles. The molecule has 1 heterocycles. The van der Waals surface area contributed by atoms with Gasteiger partial charge in [0.15, 0.2) is 0 Å². The summed E-state index contributed by atoms with van der Waals surface area (Å²) in [6.45, 7) is 6.15. The van der Waals surface area contributed by atoms with Gasteiger partial charge in [0.1, 0.15) is 0 Å². The molecule has 0 bridgehead atoms. The molecule has 0 aromatic rings. The van der Waals surface area contributed by atoms with Gasteiger partial charge >= 0.3 is 5.97 Å². The van der Waals surface area contributed by atoms with Gasteiger partial charge in [-0.2, -0.15) is 0 Å². The molecule has 0 aromatic heterocycles. The highest BCUT2D eigenvalue weighted by molar-refractivity contribution is 5.70. The molecule has 1 rings (SSSR count). The van der Waals surface area contributed by atoms with Crippen molar-refractivity contribution < 1.29 is 9.90 Å². The van der Waals surface area contributed by atoms with Crippen LogP contribution in [-0.4, -0.2) is 35.1 Å². The number of nitrogens with zero attached hydrogens (tertiary/aromatic N) is 1. The number of rotatable bonds is 6. The third-order valence-corrected chi connectivity index (χ3v) is 3.42. The Morgan fingerprint density at radius 2 is 2.27 bits per heavy atom. The summed E-state index contributed by atoms with van der Waals surface area (Å²) in [6.07, 6.45) is 5.85. The van der Waals surface area contributed by atoms with E-state index in [4.69, 9.17) is 5.11 Å². The van der Waals surface area contributed by atoms with E-state index in [1.54, 1.807) is 0 Å². The van der Waals surface area contributed by atoms with Crippen LogP contribution >= 0.6 is 0 Å². The molecule has 2 atom stereocenters. The van der Waals surface area contributed by atoms with Gasteiger partial charge in [0.05, 0.1) is 5.92 Å². The lowest BCUT2D eigenvalue weighted by Gasteiger charge is -2.23. The smallest absolute Gasteiger partial charge is 0.307 e. The third kappa shape index (κ3) is 3.82. The van der Waals surface area contributed by atoms with E-state index in [2.05, 4.69) is 18.7 Å².